The van der Waals surface area contributed by atoms with Crippen LogP contribution in [0.5, 0.6) is 11.5 Å². The molecule has 2 heterocycles. The summed E-state index contributed by atoms with van der Waals surface area (Å²) in [5.41, 5.74) is 2.84. The smallest absolute Gasteiger partial charge is 0.271 e. The van der Waals surface area contributed by atoms with Gasteiger partial charge >= 0.3 is 0 Å². The largest absolute Gasteiger partial charge is 0.507 e. The molecule has 0 spiro atoms. The van der Waals surface area contributed by atoms with Gasteiger partial charge in [0.05, 0.1) is 32.9 Å². The molecule has 0 bridgehead atoms. The van der Waals surface area contributed by atoms with Crippen LogP contribution < -0.4 is 24.9 Å². The number of carbonyl (C=O) groups excluding carboxylic acids is 1. The molecule has 0 saturated heterocycles. The van der Waals surface area contributed by atoms with Gasteiger partial charge in [0.2, 0.25) is 0 Å². The van der Waals surface area contributed by atoms with Crippen LogP contribution in [0.4, 0.5) is 5.69 Å². The molecule has 1 aliphatic rings. The molecule has 5 rings (SSSR count). The van der Waals surface area contributed by atoms with Gasteiger partial charge in [-0.3, -0.25) is 14.2 Å². The number of aromatic nitrogens is 1. The highest BCUT2D eigenvalue weighted by molar-refractivity contribution is 9.10. The van der Waals surface area contributed by atoms with Crippen LogP contribution in [0.2, 0.25) is 0 Å². The number of thiazole rings is 1. The lowest BCUT2D eigenvalue weighted by atomic mass is 9.95. The molecular formula is C29H24BrN3O4S. The molecule has 1 aliphatic heterocycles. The summed E-state index contributed by atoms with van der Waals surface area (Å²) in [6, 6.07) is 21.0. The molecule has 0 unspecified atom stereocenters. The second-order valence-electron chi connectivity index (χ2n) is 8.61. The van der Waals surface area contributed by atoms with Gasteiger partial charge in [0.15, 0.2) is 4.80 Å². The number of phenolic OH excluding ortho intramolecular Hbond substituents is 1. The van der Waals surface area contributed by atoms with Gasteiger partial charge in [0.25, 0.3) is 11.5 Å². The summed E-state index contributed by atoms with van der Waals surface area (Å²) in [6.07, 6.45) is 1.76. The van der Waals surface area contributed by atoms with Crippen molar-refractivity contribution in [1.29, 1.82) is 0 Å². The number of ether oxygens (including phenoxy) is 1. The number of nitrogens with one attached hydrogen (secondary N) is 1. The number of rotatable bonds is 6. The average Bonchev–Trinajstić information content (AvgIpc) is 3.20. The maximum absolute atomic E-state index is 13.8. The van der Waals surface area contributed by atoms with Crippen LogP contribution in [0, 0.1) is 0 Å². The fourth-order valence-electron chi connectivity index (χ4n) is 4.32. The van der Waals surface area contributed by atoms with Crippen LogP contribution in [-0.4, -0.2) is 22.2 Å². The minimum Gasteiger partial charge on any atom is -0.507 e. The molecule has 7 nitrogen and oxygen atoms in total. The monoisotopic (exact) mass is 589 g/mol. The number of carbonyl (C=O) groups is 1. The number of halogens is 1. The van der Waals surface area contributed by atoms with Crippen LogP contribution >= 0.6 is 27.3 Å². The lowest BCUT2D eigenvalue weighted by Gasteiger charge is -2.25. The van der Waals surface area contributed by atoms with Crippen molar-refractivity contribution in [3.05, 3.63) is 119 Å². The lowest BCUT2D eigenvalue weighted by molar-refractivity contribution is -0.113. The molecule has 192 valence electrons. The lowest BCUT2D eigenvalue weighted by Crippen LogP contribution is -2.40. The molecule has 0 saturated carbocycles. The van der Waals surface area contributed by atoms with E-state index in [1.807, 2.05) is 61.5 Å². The zero-order chi connectivity index (χ0) is 26.8. The third-order valence-electron chi connectivity index (χ3n) is 6.07. The molecular weight excluding hydrogens is 566 g/mol. The molecule has 9 heteroatoms. The van der Waals surface area contributed by atoms with Gasteiger partial charge in [-0.05, 0) is 83.4 Å². The molecule has 0 radical (unpaired) electrons. The summed E-state index contributed by atoms with van der Waals surface area (Å²) in [6.45, 7) is 4.23. The predicted octanol–water partition coefficient (Wildman–Crippen LogP) is 4.74. The molecule has 38 heavy (non-hydrogen) atoms. The van der Waals surface area contributed by atoms with Crippen molar-refractivity contribution in [3.8, 4) is 11.5 Å². The highest BCUT2D eigenvalue weighted by Crippen LogP contribution is 2.32. The zero-order valence-corrected chi connectivity index (χ0v) is 23.0. The van der Waals surface area contributed by atoms with E-state index in [0.29, 0.717) is 43.1 Å². The fourth-order valence-corrected chi connectivity index (χ4v) is 5.77. The van der Waals surface area contributed by atoms with Gasteiger partial charge in [-0.25, -0.2) is 4.99 Å². The summed E-state index contributed by atoms with van der Waals surface area (Å²) in [4.78, 5) is 32.6. The third kappa shape index (κ3) is 5.07. The molecule has 2 N–H and O–H groups in total. The van der Waals surface area contributed by atoms with Crippen LogP contribution in [0.25, 0.3) is 6.08 Å². The number of para-hydroxylation sites is 1. The van der Waals surface area contributed by atoms with Crippen LogP contribution in [0.1, 0.15) is 31.0 Å². The number of allylic oxidation sites excluding steroid dienone is 1. The molecule has 4 aromatic rings. The van der Waals surface area contributed by atoms with Crippen molar-refractivity contribution >= 4 is 44.9 Å². The molecule has 1 amide bonds. The summed E-state index contributed by atoms with van der Waals surface area (Å²) in [5, 5.41) is 12.8. The topological polar surface area (TPSA) is 92.9 Å². The van der Waals surface area contributed by atoms with Crippen molar-refractivity contribution in [2.24, 2.45) is 4.99 Å². The number of amides is 1. The van der Waals surface area contributed by atoms with E-state index in [1.165, 1.54) is 11.3 Å². The van der Waals surface area contributed by atoms with Gasteiger partial charge in [0.1, 0.15) is 11.5 Å². The second-order valence-corrected chi connectivity index (χ2v) is 10.5. The van der Waals surface area contributed by atoms with E-state index in [1.54, 1.807) is 35.8 Å². The van der Waals surface area contributed by atoms with E-state index in [0.717, 1.165) is 11.1 Å². The Morgan fingerprint density at radius 3 is 2.58 bits per heavy atom. The summed E-state index contributed by atoms with van der Waals surface area (Å²) < 4.78 is 8.18. The minimum absolute atomic E-state index is 0.115. The van der Waals surface area contributed by atoms with E-state index >= 15 is 0 Å². The third-order valence-corrected chi connectivity index (χ3v) is 7.69. The first kappa shape index (κ1) is 25.7. The summed E-state index contributed by atoms with van der Waals surface area (Å²) in [5.74, 6) is 0.495. The molecule has 3 aromatic carbocycles. The van der Waals surface area contributed by atoms with E-state index in [-0.39, 0.29) is 17.2 Å². The van der Waals surface area contributed by atoms with E-state index in [4.69, 9.17) is 4.74 Å². The van der Waals surface area contributed by atoms with E-state index in [9.17, 15) is 14.7 Å². The first-order valence-corrected chi connectivity index (χ1v) is 13.6. The van der Waals surface area contributed by atoms with Crippen LogP contribution in [0.15, 0.2) is 98.3 Å². The normalized spacial score (nSPS) is 15.1. The predicted molar refractivity (Wildman–Crippen MR) is 152 cm³/mol. The molecule has 0 fully saturated rings. The number of anilines is 1. The quantitative estimate of drug-likeness (QED) is 0.340. The number of phenols is 1. The Balaban J connectivity index is 1.66. The molecule has 1 aromatic heterocycles. The Morgan fingerprint density at radius 1 is 1.16 bits per heavy atom. The minimum atomic E-state index is -0.681. The maximum atomic E-state index is 13.8. The van der Waals surface area contributed by atoms with Crippen molar-refractivity contribution in [2.45, 2.75) is 19.9 Å². The Kier molecular flexibility index (Phi) is 7.31. The van der Waals surface area contributed by atoms with Crippen LogP contribution in [-0.2, 0) is 4.79 Å². The Morgan fingerprint density at radius 2 is 1.89 bits per heavy atom. The highest BCUT2D eigenvalue weighted by Gasteiger charge is 2.32. The number of hydrogen-bond acceptors (Lipinski definition) is 6. The van der Waals surface area contributed by atoms with Crippen molar-refractivity contribution < 1.29 is 14.6 Å². The SMILES string of the molecule is CCOc1ccc([C@H]2C(C(=O)Nc3ccccc3)=C(C)N=c3s/c(=C\c4ccc(O)c(Br)c4)c(=O)n32)cc1. The number of nitrogens with zero attached hydrogens (tertiary/aromatic N) is 2. The van der Waals surface area contributed by atoms with E-state index in [2.05, 4.69) is 26.2 Å². The standard InChI is InChI=1S/C29H24BrN3O4S/c1-3-37-21-12-10-19(11-13-21)26-25(27(35)32-20-7-5-4-6-8-20)17(2)31-29-33(26)28(36)24(38-29)16-18-9-14-23(34)22(30)15-18/h4-16,26,34H,3H2,1-2H3,(H,32,35)/b24-16-/t26-/m0/s1. The molecule has 0 aliphatic carbocycles. The second kappa shape index (κ2) is 10.8. The van der Waals surface area contributed by atoms with E-state index < -0.39 is 6.04 Å². The Bertz CT molecular complexity index is 1720. The number of hydrogen-bond donors (Lipinski definition) is 2. The summed E-state index contributed by atoms with van der Waals surface area (Å²) >= 11 is 4.58. The number of fused-ring (bicyclic) bond motifs is 1. The first-order valence-electron chi connectivity index (χ1n) is 12.0. The van der Waals surface area contributed by atoms with Crippen molar-refractivity contribution in [3.63, 3.8) is 0 Å². The average molecular weight is 590 g/mol. The Hall–Kier alpha value is -3.95. The number of benzene rings is 3. The maximum Gasteiger partial charge on any atom is 0.271 e. The fraction of sp³-hybridized carbons (Fsp3) is 0.138. The summed E-state index contributed by atoms with van der Waals surface area (Å²) in [7, 11) is 0. The number of aromatic hydroxyl groups is 1. The van der Waals surface area contributed by atoms with Crippen molar-refractivity contribution in [1.82, 2.24) is 4.57 Å². The highest BCUT2D eigenvalue weighted by atomic mass is 79.9. The van der Waals surface area contributed by atoms with Gasteiger partial charge in [-0.15, -0.1) is 0 Å². The van der Waals surface area contributed by atoms with Gasteiger partial charge in [-0.2, -0.15) is 0 Å². The van der Waals surface area contributed by atoms with Gasteiger partial charge in [0, 0.05) is 5.69 Å². The first-order chi connectivity index (χ1) is 18.4. The zero-order valence-electron chi connectivity index (χ0n) is 20.6. The van der Waals surface area contributed by atoms with Gasteiger partial charge < -0.3 is 15.2 Å². The molecule has 1 atom stereocenters. The Labute approximate surface area is 231 Å². The van der Waals surface area contributed by atoms with Gasteiger partial charge in [-0.1, -0.05) is 47.7 Å². The van der Waals surface area contributed by atoms with Crippen LogP contribution in [0.3, 0.4) is 0 Å². The van der Waals surface area contributed by atoms with Crippen molar-refractivity contribution in [2.75, 3.05) is 11.9 Å².